The zero-order chi connectivity index (χ0) is 13.4. The molecule has 2 aliphatic heterocycles. The van der Waals surface area contributed by atoms with Crippen LogP contribution in [0.3, 0.4) is 0 Å². The average Bonchev–Trinajstić information content (AvgIpc) is 3.03. The van der Waals surface area contributed by atoms with E-state index in [2.05, 4.69) is 21.9 Å². The van der Waals surface area contributed by atoms with E-state index in [1.807, 2.05) is 4.68 Å². The van der Waals surface area contributed by atoms with E-state index in [0.717, 1.165) is 44.8 Å². The van der Waals surface area contributed by atoms with Crippen LogP contribution in [0, 0.1) is 0 Å². The van der Waals surface area contributed by atoms with Gasteiger partial charge in [-0.3, -0.25) is 4.79 Å². The molecule has 1 saturated heterocycles. The van der Waals surface area contributed by atoms with Crippen molar-refractivity contribution in [3.8, 4) is 0 Å². The van der Waals surface area contributed by atoms with Crippen molar-refractivity contribution in [2.24, 2.45) is 0 Å². The van der Waals surface area contributed by atoms with Crippen LogP contribution in [0.5, 0.6) is 0 Å². The minimum absolute atomic E-state index is 0.368. The van der Waals surface area contributed by atoms with E-state index in [0.29, 0.717) is 18.2 Å². The summed E-state index contributed by atoms with van der Waals surface area (Å²) in [5.74, 6) is 0.621. The number of rotatable bonds is 3. The highest BCUT2D eigenvalue weighted by molar-refractivity contribution is 5.75. The maximum Gasteiger partial charge on any atom is 0.314 e. The molecule has 0 amide bonds. The average molecular weight is 264 g/mol. The molecule has 19 heavy (non-hydrogen) atoms. The summed E-state index contributed by atoms with van der Waals surface area (Å²) in [4.78, 5) is 18.2. The largest absolute Gasteiger partial charge is 0.481 e. The highest BCUT2D eigenvalue weighted by Gasteiger charge is 2.33. The number of nitrogens with zero attached hydrogens (tertiary/aromatic N) is 4. The Morgan fingerprint density at radius 3 is 2.95 bits per heavy atom. The molecule has 2 unspecified atom stereocenters. The van der Waals surface area contributed by atoms with Crippen LogP contribution in [0.1, 0.15) is 49.7 Å². The lowest BCUT2D eigenvalue weighted by molar-refractivity contribution is -0.139. The number of hydrogen-bond donors (Lipinski definition) is 1. The number of aryl methyl sites for hydroxylation is 1. The second-order valence-corrected chi connectivity index (χ2v) is 5.46. The van der Waals surface area contributed by atoms with Crippen LogP contribution in [0.15, 0.2) is 0 Å². The molecule has 0 radical (unpaired) electrons. The number of fused-ring (bicyclic) bond motifs is 1. The van der Waals surface area contributed by atoms with E-state index in [4.69, 9.17) is 0 Å². The first-order valence-electron chi connectivity index (χ1n) is 7.08. The molecular formula is C13H20N4O2. The Hall–Kier alpha value is -1.43. The van der Waals surface area contributed by atoms with Crippen molar-refractivity contribution in [3.05, 3.63) is 11.6 Å². The van der Waals surface area contributed by atoms with Crippen LogP contribution in [-0.4, -0.2) is 50.4 Å². The minimum Gasteiger partial charge on any atom is -0.481 e. The van der Waals surface area contributed by atoms with Crippen LogP contribution in [0.4, 0.5) is 0 Å². The number of carboxylic acids is 1. The molecule has 1 aromatic rings. The molecule has 104 valence electrons. The monoisotopic (exact) mass is 264 g/mol. The molecule has 0 bridgehead atoms. The molecule has 0 aliphatic carbocycles. The van der Waals surface area contributed by atoms with Gasteiger partial charge in [-0.2, -0.15) is 5.10 Å². The third-order valence-corrected chi connectivity index (χ3v) is 4.27. The fourth-order valence-corrected chi connectivity index (χ4v) is 3.11. The van der Waals surface area contributed by atoms with Crippen molar-refractivity contribution in [1.82, 2.24) is 19.7 Å². The van der Waals surface area contributed by atoms with Gasteiger partial charge in [-0.05, 0) is 32.4 Å². The molecule has 0 spiro atoms. The van der Waals surface area contributed by atoms with Crippen LogP contribution in [0.25, 0.3) is 0 Å². The summed E-state index contributed by atoms with van der Waals surface area (Å²) in [7, 11) is 0. The minimum atomic E-state index is -0.776. The van der Waals surface area contributed by atoms with E-state index in [1.165, 1.54) is 0 Å². The second kappa shape index (κ2) is 4.92. The van der Waals surface area contributed by atoms with Crippen molar-refractivity contribution in [1.29, 1.82) is 0 Å². The lowest BCUT2D eigenvalue weighted by Crippen LogP contribution is -2.22. The van der Waals surface area contributed by atoms with Crippen LogP contribution in [-0.2, 0) is 11.3 Å². The molecule has 2 aliphatic rings. The van der Waals surface area contributed by atoms with Gasteiger partial charge in [0.05, 0.1) is 0 Å². The first kappa shape index (κ1) is 12.6. The summed E-state index contributed by atoms with van der Waals surface area (Å²) >= 11 is 0. The van der Waals surface area contributed by atoms with E-state index < -0.39 is 11.9 Å². The Morgan fingerprint density at radius 2 is 2.26 bits per heavy atom. The molecular weight excluding hydrogens is 244 g/mol. The van der Waals surface area contributed by atoms with E-state index in [-0.39, 0.29) is 0 Å². The summed E-state index contributed by atoms with van der Waals surface area (Å²) in [6, 6.07) is 0. The van der Waals surface area contributed by atoms with Gasteiger partial charge in [0, 0.05) is 19.0 Å². The number of aromatic nitrogens is 3. The maximum atomic E-state index is 11.3. The van der Waals surface area contributed by atoms with Crippen molar-refractivity contribution in [3.63, 3.8) is 0 Å². The van der Waals surface area contributed by atoms with E-state index in [1.54, 1.807) is 0 Å². The molecule has 1 N–H and O–H groups in total. The molecule has 0 aromatic carbocycles. The van der Waals surface area contributed by atoms with Crippen molar-refractivity contribution < 1.29 is 9.90 Å². The van der Waals surface area contributed by atoms with Crippen LogP contribution < -0.4 is 0 Å². The van der Waals surface area contributed by atoms with Gasteiger partial charge >= 0.3 is 5.97 Å². The number of hydrogen-bond acceptors (Lipinski definition) is 4. The summed E-state index contributed by atoms with van der Waals surface area (Å²) in [6.07, 6.45) is 2.63. The molecule has 6 heteroatoms. The third-order valence-electron chi connectivity index (χ3n) is 4.27. The van der Waals surface area contributed by atoms with Gasteiger partial charge in [0.2, 0.25) is 0 Å². The van der Waals surface area contributed by atoms with Gasteiger partial charge in [0.25, 0.3) is 0 Å². The lowest BCUT2D eigenvalue weighted by atomic mass is 9.99. The quantitative estimate of drug-likeness (QED) is 0.883. The summed E-state index contributed by atoms with van der Waals surface area (Å²) < 4.78 is 1.81. The topological polar surface area (TPSA) is 71.2 Å². The smallest absolute Gasteiger partial charge is 0.314 e. The standard InChI is InChI=1S/C13H20N4O2/c1-2-16-7-5-9(8-16)11-14-12-10(13(18)19)4-3-6-17(12)15-11/h9-10H,2-8H2,1H3,(H,18,19). The molecule has 1 aromatic heterocycles. The van der Waals surface area contributed by atoms with Gasteiger partial charge in [-0.1, -0.05) is 6.92 Å². The van der Waals surface area contributed by atoms with Crippen molar-refractivity contribution in [2.45, 2.75) is 44.6 Å². The van der Waals surface area contributed by atoms with E-state index >= 15 is 0 Å². The molecule has 0 saturated carbocycles. The number of carboxylic acid groups (broad SMARTS) is 1. The van der Waals surface area contributed by atoms with Crippen LogP contribution in [0.2, 0.25) is 0 Å². The molecule has 3 rings (SSSR count). The van der Waals surface area contributed by atoms with Crippen LogP contribution >= 0.6 is 0 Å². The van der Waals surface area contributed by atoms with Gasteiger partial charge < -0.3 is 10.0 Å². The maximum absolute atomic E-state index is 11.3. The van der Waals surface area contributed by atoms with Gasteiger partial charge in [-0.15, -0.1) is 0 Å². The molecule has 6 nitrogen and oxygen atoms in total. The fourth-order valence-electron chi connectivity index (χ4n) is 3.11. The first-order chi connectivity index (χ1) is 9.19. The number of carbonyl (C=O) groups is 1. The van der Waals surface area contributed by atoms with Crippen molar-refractivity contribution in [2.75, 3.05) is 19.6 Å². The van der Waals surface area contributed by atoms with Gasteiger partial charge in [-0.25, -0.2) is 9.67 Å². The van der Waals surface area contributed by atoms with Gasteiger partial charge in [0.15, 0.2) is 5.82 Å². The molecule has 3 heterocycles. The highest BCUT2D eigenvalue weighted by Crippen LogP contribution is 2.30. The number of aliphatic carboxylic acids is 1. The molecule has 1 fully saturated rings. The number of likely N-dealkylation sites (N-methyl/N-ethyl adjacent to an activating group) is 1. The highest BCUT2D eigenvalue weighted by atomic mass is 16.4. The second-order valence-electron chi connectivity index (χ2n) is 5.46. The number of likely N-dealkylation sites (tertiary alicyclic amines) is 1. The van der Waals surface area contributed by atoms with Crippen molar-refractivity contribution >= 4 is 5.97 Å². The Bertz CT molecular complexity index is 485. The first-order valence-corrected chi connectivity index (χ1v) is 7.08. The zero-order valence-corrected chi connectivity index (χ0v) is 11.2. The lowest BCUT2D eigenvalue weighted by Gasteiger charge is -2.17. The predicted octanol–water partition coefficient (Wildman–Crippen LogP) is 1.05. The summed E-state index contributed by atoms with van der Waals surface area (Å²) in [5, 5.41) is 13.8. The third kappa shape index (κ3) is 2.25. The zero-order valence-electron chi connectivity index (χ0n) is 11.2. The molecule has 2 atom stereocenters. The Kier molecular flexibility index (Phi) is 3.26. The predicted molar refractivity (Wildman–Crippen MR) is 69.1 cm³/mol. The normalized spacial score (nSPS) is 27.4. The Labute approximate surface area is 112 Å². The SMILES string of the molecule is CCN1CCC(c2nc3n(n2)CCCC3C(=O)O)C1. The summed E-state index contributed by atoms with van der Waals surface area (Å²) in [5.41, 5.74) is 0. The Morgan fingerprint density at radius 1 is 1.42 bits per heavy atom. The van der Waals surface area contributed by atoms with E-state index in [9.17, 15) is 9.90 Å². The summed E-state index contributed by atoms with van der Waals surface area (Å²) in [6.45, 7) is 6.11. The van der Waals surface area contributed by atoms with Gasteiger partial charge in [0.1, 0.15) is 11.7 Å². The fraction of sp³-hybridized carbons (Fsp3) is 0.769. The Balaban J connectivity index is 1.84.